The van der Waals surface area contributed by atoms with Crippen LogP contribution in [0.5, 0.6) is 5.75 Å². The number of methoxy groups -OCH3 is 2. The lowest BCUT2D eigenvalue weighted by Gasteiger charge is -2.13. The number of halogens is 2. The Kier molecular flexibility index (Phi) is 5.77. The standard InChI is InChI=1S/C11H13Br2NO3/c1-16-10-4-3-7(12)5-9(10)14-6-8(13)11(15)17-2/h3-5,8,14H,6H2,1-2H3. The van der Waals surface area contributed by atoms with Crippen molar-refractivity contribution >= 4 is 43.5 Å². The fourth-order valence-electron chi connectivity index (χ4n) is 1.23. The van der Waals surface area contributed by atoms with Crippen LogP contribution in [0.3, 0.4) is 0 Å². The Morgan fingerprint density at radius 2 is 2.18 bits per heavy atom. The summed E-state index contributed by atoms with van der Waals surface area (Å²) in [5.74, 6) is 0.407. The van der Waals surface area contributed by atoms with E-state index in [0.29, 0.717) is 6.54 Å². The van der Waals surface area contributed by atoms with Crippen molar-refractivity contribution in [2.75, 3.05) is 26.1 Å². The Morgan fingerprint density at radius 3 is 2.76 bits per heavy atom. The van der Waals surface area contributed by atoms with Crippen molar-refractivity contribution < 1.29 is 14.3 Å². The van der Waals surface area contributed by atoms with Gasteiger partial charge in [0.25, 0.3) is 0 Å². The zero-order chi connectivity index (χ0) is 12.8. The molecule has 6 heteroatoms. The normalized spacial score (nSPS) is 11.8. The summed E-state index contributed by atoms with van der Waals surface area (Å²) in [5.41, 5.74) is 0.815. The summed E-state index contributed by atoms with van der Waals surface area (Å²) in [7, 11) is 2.95. The van der Waals surface area contributed by atoms with Gasteiger partial charge >= 0.3 is 5.97 Å². The molecule has 0 radical (unpaired) electrons. The van der Waals surface area contributed by atoms with Crippen LogP contribution in [-0.4, -0.2) is 31.6 Å². The van der Waals surface area contributed by atoms with E-state index in [0.717, 1.165) is 15.9 Å². The highest BCUT2D eigenvalue weighted by molar-refractivity contribution is 9.10. The number of esters is 1. The lowest BCUT2D eigenvalue weighted by atomic mass is 10.3. The molecule has 94 valence electrons. The molecule has 17 heavy (non-hydrogen) atoms. The fourth-order valence-corrected chi connectivity index (χ4v) is 1.94. The molecule has 0 spiro atoms. The van der Waals surface area contributed by atoms with E-state index in [-0.39, 0.29) is 5.97 Å². The number of alkyl halides is 1. The van der Waals surface area contributed by atoms with E-state index in [1.165, 1.54) is 7.11 Å². The lowest BCUT2D eigenvalue weighted by Crippen LogP contribution is -2.24. The van der Waals surface area contributed by atoms with Crippen molar-refractivity contribution in [1.82, 2.24) is 0 Å². The minimum Gasteiger partial charge on any atom is -0.495 e. The topological polar surface area (TPSA) is 47.6 Å². The first-order chi connectivity index (χ1) is 8.08. The number of rotatable bonds is 5. The molecule has 0 saturated carbocycles. The summed E-state index contributed by atoms with van der Waals surface area (Å²) < 4.78 is 10.8. The first kappa shape index (κ1) is 14.3. The number of hydrogen-bond donors (Lipinski definition) is 1. The van der Waals surface area contributed by atoms with Crippen LogP contribution in [0.4, 0.5) is 5.69 Å². The molecule has 0 aliphatic heterocycles. The second-order valence-corrected chi connectivity index (χ2v) is 5.24. The van der Waals surface area contributed by atoms with Crippen molar-refractivity contribution in [2.24, 2.45) is 0 Å². The van der Waals surface area contributed by atoms with Crippen molar-refractivity contribution in [1.29, 1.82) is 0 Å². The van der Waals surface area contributed by atoms with Gasteiger partial charge in [-0.15, -0.1) is 0 Å². The Labute approximate surface area is 117 Å². The third kappa shape index (κ3) is 4.20. The molecular formula is C11H13Br2NO3. The van der Waals surface area contributed by atoms with Gasteiger partial charge in [-0.1, -0.05) is 31.9 Å². The van der Waals surface area contributed by atoms with Crippen LogP contribution in [0.25, 0.3) is 0 Å². The molecular weight excluding hydrogens is 354 g/mol. The van der Waals surface area contributed by atoms with Crippen molar-refractivity contribution in [2.45, 2.75) is 4.83 Å². The summed E-state index contributed by atoms with van der Waals surface area (Å²) in [6.07, 6.45) is 0. The van der Waals surface area contributed by atoms with Gasteiger partial charge in [-0.05, 0) is 18.2 Å². The van der Waals surface area contributed by atoms with Gasteiger partial charge in [0.1, 0.15) is 10.6 Å². The minimum atomic E-state index is -0.392. The molecule has 4 nitrogen and oxygen atoms in total. The monoisotopic (exact) mass is 365 g/mol. The van der Waals surface area contributed by atoms with Crippen molar-refractivity contribution in [3.8, 4) is 5.75 Å². The van der Waals surface area contributed by atoms with Gasteiger partial charge in [-0.3, -0.25) is 4.79 Å². The largest absolute Gasteiger partial charge is 0.495 e. The van der Waals surface area contributed by atoms with Crippen molar-refractivity contribution in [3.63, 3.8) is 0 Å². The van der Waals surface area contributed by atoms with E-state index in [2.05, 4.69) is 41.9 Å². The van der Waals surface area contributed by atoms with Gasteiger partial charge in [0.2, 0.25) is 0 Å². The summed E-state index contributed by atoms with van der Waals surface area (Å²) in [5, 5.41) is 3.12. The van der Waals surface area contributed by atoms with Gasteiger partial charge in [-0.25, -0.2) is 0 Å². The van der Waals surface area contributed by atoms with E-state index in [1.54, 1.807) is 7.11 Å². The third-order valence-corrected chi connectivity index (χ3v) is 3.28. The number of benzene rings is 1. The van der Waals surface area contributed by atoms with Gasteiger partial charge in [0.05, 0.1) is 19.9 Å². The van der Waals surface area contributed by atoms with E-state index in [9.17, 15) is 4.79 Å². The second-order valence-electron chi connectivity index (χ2n) is 3.22. The van der Waals surface area contributed by atoms with Gasteiger partial charge in [-0.2, -0.15) is 0 Å². The molecule has 1 aromatic carbocycles. The second kappa shape index (κ2) is 6.86. The number of carbonyl (C=O) groups is 1. The number of hydrogen-bond acceptors (Lipinski definition) is 4. The van der Waals surface area contributed by atoms with E-state index >= 15 is 0 Å². The molecule has 0 bridgehead atoms. The van der Waals surface area contributed by atoms with Crippen molar-refractivity contribution in [3.05, 3.63) is 22.7 Å². The molecule has 0 heterocycles. The average Bonchev–Trinajstić information content (AvgIpc) is 2.35. The molecule has 1 atom stereocenters. The molecule has 1 N–H and O–H groups in total. The van der Waals surface area contributed by atoms with Crippen LogP contribution >= 0.6 is 31.9 Å². The third-order valence-electron chi connectivity index (χ3n) is 2.09. The van der Waals surface area contributed by atoms with Crippen LogP contribution in [0.1, 0.15) is 0 Å². The lowest BCUT2D eigenvalue weighted by molar-refractivity contribution is -0.139. The Morgan fingerprint density at radius 1 is 1.47 bits per heavy atom. The fraction of sp³-hybridized carbons (Fsp3) is 0.364. The van der Waals surface area contributed by atoms with Crippen LogP contribution < -0.4 is 10.1 Å². The van der Waals surface area contributed by atoms with Crippen LogP contribution in [0.15, 0.2) is 22.7 Å². The average molecular weight is 367 g/mol. The summed E-state index contributed by atoms with van der Waals surface area (Å²) >= 11 is 6.61. The highest BCUT2D eigenvalue weighted by Crippen LogP contribution is 2.28. The van der Waals surface area contributed by atoms with E-state index < -0.39 is 4.83 Å². The molecule has 0 aliphatic rings. The smallest absolute Gasteiger partial charge is 0.321 e. The zero-order valence-electron chi connectivity index (χ0n) is 9.50. The van der Waals surface area contributed by atoms with Gasteiger partial charge in [0, 0.05) is 11.0 Å². The maximum atomic E-state index is 11.2. The van der Waals surface area contributed by atoms with Crippen LogP contribution in [0, 0.1) is 0 Å². The maximum Gasteiger partial charge on any atom is 0.321 e. The SMILES string of the molecule is COC(=O)C(Br)CNc1cc(Br)ccc1OC. The summed E-state index contributed by atoms with van der Waals surface area (Å²) in [6, 6.07) is 5.61. The molecule has 0 aliphatic carbocycles. The molecule has 0 aromatic heterocycles. The predicted octanol–water partition coefficient (Wildman–Crippen LogP) is 2.81. The summed E-state index contributed by atoms with van der Waals surface area (Å²) in [4.78, 5) is 10.8. The minimum absolute atomic E-state index is 0.313. The maximum absolute atomic E-state index is 11.2. The molecule has 0 fully saturated rings. The first-order valence-corrected chi connectivity index (χ1v) is 6.58. The van der Waals surface area contributed by atoms with Crippen LogP contribution in [-0.2, 0) is 9.53 Å². The number of nitrogens with one attached hydrogen (secondary N) is 1. The molecule has 1 aromatic rings. The quantitative estimate of drug-likeness (QED) is 0.643. The Bertz CT molecular complexity index is 398. The highest BCUT2D eigenvalue weighted by atomic mass is 79.9. The Hall–Kier alpha value is -0.750. The predicted molar refractivity (Wildman–Crippen MR) is 73.9 cm³/mol. The first-order valence-electron chi connectivity index (χ1n) is 4.87. The van der Waals surface area contributed by atoms with E-state index in [1.807, 2.05) is 18.2 Å². The van der Waals surface area contributed by atoms with Crippen LogP contribution in [0.2, 0.25) is 0 Å². The molecule has 0 amide bonds. The van der Waals surface area contributed by atoms with Gasteiger partial charge in [0.15, 0.2) is 0 Å². The molecule has 0 saturated heterocycles. The zero-order valence-corrected chi connectivity index (χ0v) is 12.7. The Balaban J connectivity index is 2.68. The number of carbonyl (C=O) groups excluding carboxylic acids is 1. The number of ether oxygens (including phenoxy) is 2. The molecule has 1 rings (SSSR count). The van der Waals surface area contributed by atoms with Gasteiger partial charge < -0.3 is 14.8 Å². The number of anilines is 1. The summed E-state index contributed by atoms with van der Waals surface area (Å²) in [6.45, 7) is 0.416. The highest BCUT2D eigenvalue weighted by Gasteiger charge is 2.15. The van der Waals surface area contributed by atoms with E-state index in [4.69, 9.17) is 4.74 Å². The molecule has 1 unspecified atom stereocenters.